The maximum Gasteiger partial charge on any atom is 0.302 e. The highest BCUT2D eigenvalue weighted by atomic mass is 16.5. The Labute approximate surface area is 273 Å². The van der Waals surface area contributed by atoms with Gasteiger partial charge in [0.05, 0.1) is 6.20 Å². The van der Waals surface area contributed by atoms with Crippen LogP contribution in [0, 0.1) is 12.3 Å². The summed E-state index contributed by atoms with van der Waals surface area (Å²) in [7, 11) is 3.54. The van der Waals surface area contributed by atoms with E-state index in [1.165, 1.54) is 11.5 Å². The lowest BCUT2D eigenvalue weighted by atomic mass is 9.81. The highest BCUT2D eigenvalue weighted by molar-refractivity contribution is 6.06. The van der Waals surface area contributed by atoms with Crippen molar-refractivity contribution in [2.45, 2.75) is 47.1 Å². The molecular weight excluding hydrogens is 596 g/mol. The predicted molar refractivity (Wildman–Crippen MR) is 181 cm³/mol. The Kier molecular flexibility index (Phi) is 8.20. The maximum absolute atomic E-state index is 14.1. The Morgan fingerprint density at radius 1 is 1.13 bits per heavy atom. The fraction of sp³-hybridized carbons (Fsp3) is 0.371. The van der Waals surface area contributed by atoms with Crippen molar-refractivity contribution >= 4 is 40.1 Å². The number of esters is 1. The number of hydrogen-bond acceptors (Lipinski definition) is 9. The van der Waals surface area contributed by atoms with E-state index in [9.17, 15) is 14.4 Å². The third-order valence-electron chi connectivity index (χ3n) is 8.98. The van der Waals surface area contributed by atoms with E-state index in [1.807, 2.05) is 26.1 Å². The van der Waals surface area contributed by atoms with Gasteiger partial charge < -0.3 is 19.5 Å². The number of ether oxygens (including phenoxy) is 1. The highest BCUT2D eigenvalue weighted by Gasteiger charge is 2.35. The lowest BCUT2D eigenvalue weighted by Gasteiger charge is -2.41. The lowest BCUT2D eigenvalue weighted by Crippen LogP contribution is -2.50. The summed E-state index contributed by atoms with van der Waals surface area (Å²) in [6.45, 7) is 13.7. The second-order valence-corrected chi connectivity index (χ2v) is 13.1. The Balaban J connectivity index is 1.40. The van der Waals surface area contributed by atoms with E-state index in [-0.39, 0.29) is 23.5 Å². The molecule has 47 heavy (non-hydrogen) atoms. The van der Waals surface area contributed by atoms with Gasteiger partial charge in [-0.15, -0.1) is 0 Å². The molecule has 0 atom stereocenters. The number of nitrogens with one attached hydrogen (secondary N) is 1. The van der Waals surface area contributed by atoms with Crippen molar-refractivity contribution in [1.29, 1.82) is 0 Å². The van der Waals surface area contributed by atoms with Crippen molar-refractivity contribution in [3.8, 4) is 11.1 Å². The van der Waals surface area contributed by atoms with Crippen molar-refractivity contribution in [2.24, 2.45) is 19.5 Å². The minimum Gasteiger partial charge on any atom is -0.461 e. The topological polar surface area (TPSA) is 127 Å². The normalized spacial score (nSPS) is 17.5. The molecule has 244 valence electrons. The number of amides is 1. The van der Waals surface area contributed by atoms with Crippen LogP contribution in [0.4, 0.5) is 17.3 Å². The number of pyridine rings is 3. The number of carbonyl (C=O) groups is 2. The molecule has 0 bridgehead atoms. The number of anilines is 3. The van der Waals surface area contributed by atoms with Crippen LogP contribution in [-0.2, 0) is 35.0 Å². The first kappa shape index (κ1) is 31.7. The van der Waals surface area contributed by atoms with Gasteiger partial charge in [-0.05, 0) is 55.0 Å². The first-order valence-electron chi connectivity index (χ1n) is 15.7. The number of fused-ring (bicyclic) bond motifs is 2. The van der Waals surface area contributed by atoms with Gasteiger partial charge >= 0.3 is 5.97 Å². The Morgan fingerprint density at radius 2 is 1.91 bits per heavy atom. The minimum absolute atomic E-state index is 0.0936. The standard InChI is InChI=1S/C35H40N8O4/c1-21-14-30-34(46)43(13-12-42(30)11-9-35(4,5)17-21)32-27(20-47-23(3)44)25(8-10-36-32)24-15-28(33(45)40(6)19-24)38-31-16-26-22(2)41(7)39-29(26)18-37-31/h8,10,14-16,18-19,38H,1,9,11-13,17,20H2,2-7H3/b30-14-. The molecule has 0 saturated carbocycles. The van der Waals surface area contributed by atoms with Crippen molar-refractivity contribution in [3.05, 3.63) is 82.3 Å². The van der Waals surface area contributed by atoms with Crippen LogP contribution in [0.25, 0.3) is 22.0 Å². The van der Waals surface area contributed by atoms with Gasteiger partial charge in [0.2, 0.25) is 0 Å². The molecular formula is C35H40N8O4. The van der Waals surface area contributed by atoms with Crippen molar-refractivity contribution < 1.29 is 14.3 Å². The molecule has 0 aliphatic carbocycles. The van der Waals surface area contributed by atoms with E-state index in [0.717, 1.165) is 41.6 Å². The van der Waals surface area contributed by atoms with Gasteiger partial charge in [0.1, 0.15) is 35.1 Å². The van der Waals surface area contributed by atoms with Crippen molar-refractivity contribution in [2.75, 3.05) is 29.9 Å². The van der Waals surface area contributed by atoms with Gasteiger partial charge in [-0.25, -0.2) is 9.97 Å². The SMILES string of the molecule is C=C1/C=C2/C(=O)N(c3nccc(-c4cc(Nc5cc6c(C)n(C)nc6cn5)c(=O)n(C)c4)c3COC(C)=O)CCN2CCC(C)(C)C1. The Hall–Kier alpha value is -5.26. The van der Waals surface area contributed by atoms with Crippen LogP contribution in [0.2, 0.25) is 0 Å². The van der Waals surface area contributed by atoms with Crippen LogP contribution < -0.4 is 15.8 Å². The van der Waals surface area contributed by atoms with Crippen LogP contribution in [0.15, 0.2) is 65.5 Å². The maximum atomic E-state index is 14.1. The molecule has 0 unspecified atom stereocenters. The Bertz CT molecular complexity index is 2020. The number of rotatable bonds is 6. The largest absolute Gasteiger partial charge is 0.461 e. The Morgan fingerprint density at radius 3 is 2.68 bits per heavy atom. The van der Waals surface area contributed by atoms with Crippen LogP contribution in [-0.4, -0.2) is 60.7 Å². The first-order valence-corrected chi connectivity index (χ1v) is 15.7. The molecule has 1 saturated heterocycles. The molecule has 4 aromatic rings. The van der Waals surface area contributed by atoms with Gasteiger partial charge in [0, 0.05) is 75.3 Å². The zero-order valence-corrected chi connectivity index (χ0v) is 27.8. The van der Waals surface area contributed by atoms with Crippen LogP contribution in [0.5, 0.6) is 0 Å². The summed E-state index contributed by atoms with van der Waals surface area (Å²) >= 11 is 0. The number of aromatic nitrogens is 5. The van der Waals surface area contributed by atoms with Gasteiger partial charge in [-0.1, -0.05) is 26.0 Å². The summed E-state index contributed by atoms with van der Waals surface area (Å²) in [4.78, 5) is 52.3. The summed E-state index contributed by atoms with van der Waals surface area (Å²) in [6, 6.07) is 5.41. The molecule has 6 rings (SSSR count). The average Bonchev–Trinajstić information content (AvgIpc) is 3.29. The van der Waals surface area contributed by atoms with E-state index in [0.29, 0.717) is 52.8 Å². The number of allylic oxidation sites excluding steroid dienone is 2. The monoisotopic (exact) mass is 636 g/mol. The third-order valence-corrected chi connectivity index (χ3v) is 8.98. The molecule has 2 aliphatic rings. The summed E-state index contributed by atoms with van der Waals surface area (Å²) < 4.78 is 8.79. The second-order valence-electron chi connectivity index (χ2n) is 13.1. The van der Waals surface area contributed by atoms with E-state index >= 15 is 0 Å². The molecule has 0 aromatic carbocycles. The number of hydrogen-bond donors (Lipinski definition) is 1. The van der Waals surface area contributed by atoms with Gasteiger partial charge in [0.25, 0.3) is 11.5 Å². The van der Waals surface area contributed by atoms with Crippen LogP contribution in [0.3, 0.4) is 0 Å². The number of aryl methyl sites for hydroxylation is 3. The fourth-order valence-corrected chi connectivity index (χ4v) is 6.37. The van der Waals surface area contributed by atoms with Crippen LogP contribution >= 0.6 is 0 Å². The molecule has 4 aromatic heterocycles. The molecule has 12 nitrogen and oxygen atoms in total. The molecule has 0 radical (unpaired) electrons. The molecule has 1 N–H and O–H groups in total. The lowest BCUT2D eigenvalue weighted by molar-refractivity contribution is -0.142. The third kappa shape index (κ3) is 6.27. The summed E-state index contributed by atoms with van der Waals surface area (Å²) in [5.74, 6) is 0.267. The summed E-state index contributed by atoms with van der Waals surface area (Å²) in [5, 5.41) is 8.58. The molecule has 0 spiro atoms. The van der Waals surface area contributed by atoms with Crippen molar-refractivity contribution in [1.82, 2.24) is 29.2 Å². The number of nitrogens with zero attached hydrogens (tertiary/aromatic N) is 7. The van der Waals surface area contributed by atoms with Crippen molar-refractivity contribution in [3.63, 3.8) is 0 Å². The van der Waals surface area contributed by atoms with Crippen LogP contribution in [0.1, 0.15) is 44.9 Å². The molecule has 2 aliphatic heterocycles. The van der Waals surface area contributed by atoms with Gasteiger partial charge in [-0.2, -0.15) is 5.10 Å². The number of piperazine rings is 1. The van der Waals surface area contributed by atoms with E-state index in [4.69, 9.17) is 4.74 Å². The minimum atomic E-state index is -0.460. The smallest absolute Gasteiger partial charge is 0.302 e. The summed E-state index contributed by atoms with van der Waals surface area (Å²) in [6.07, 6.45) is 8.66. The predicted octanol–water partition coefficient (Wildman–Crippen LogP) is 4.75. The second kappa shape index (κ2) is 12.2. The molecule has 1 amide bonds. The molecule has 12 heteroatoms. The van der Waals surface area contributed by atoms with E-state index in [2.05, 4.69) is 45.7 Å². The highest BCUT2D eigenvalue weighted by Crippen LogP contribution is 2.37. The first-order chi connectivity index (χ1) is 22.3. The average molecular weight is 637 g/mol. The fourth-order valence-electron chi connectivity index (χ4n) is 6.37. The summed E-state index contributed by atoms with van der Waals surface area (Å²) in [5.41, 5.74) is 5.29. The van der Waals surface area contributed by atoms with E-state index in [1.54, 1.807) is 47.4 Å². The molecule has 6 heterocycles. The zero-order valence-electron chi connectivity index (χ0n) is 27.8. The van der Waals surface area contributed by atoms with Gasteiger partial charge in [-0.3, -0.25) is 24.0 Å². The van der Waals surface area contributed by atoms with Gasteiger partial charge in [0.15, 0.2) is 0 Å². The quantitative estimate of drug-likeness (QED) is 0.298. The molecule has 1 fully saturated rings. The number of carbonyl (C=O) groups excluding carboxylic acids is 2. The van der Waals surface area contributed by atoms with E-state index < -0.39 is 5.97 Å². The zero-order chi connectivity index (χ0) is 33.6.